The second-order valence-electron chi connectivity index (χ2n) is 4.11. The van der Waals surface area contributed by atoms with Gasteiger partial charge in [0.1, 0.15) is 0 Å². The first-order chi connectivity index (χ1) is 6.59. The molecular weight excluding hydrogens is 184 g/mol. The Morgan fingerprint density at radius 3 is 2.50 bits per heavy atom. The van der Waals surface area contributed by atoms with Crippen LogP contribution in [0.5, 0.6) is 0 Å². The van der Waals surface area contributed by atoms with Gasteiger partial charge in [-0.05, 0) is 32.2 Å². The molecule has 0 heterocycles. The average Bonchev–Trinajstić information content (AvgIpc) is 2.15. The van der Waals surface area contributed by atoms with E-state index in [-0.39, 0.29) is 12.8 Å². The Morgan fingerprint density at radius 1 is 1.50 bits per heavy atom. The van der Waals surface area contributed by atoms with Crippen molar-refractivity contribution >= 4 is 0 Å². The molecule has 1 N–H and O–H groups in total. The van der Waals surface area contributed by atoms with E-state index in [0.29, 0.717) is 24.8 Å². The van der Waals surface area contributed by atoms with E-state index in [0.717, 1.165) is 6.42 Å². The first kappa shape index (κ1) is 11.6. The van der Waals surface area contributed by atoms with E-state index in [4.69, 9.17) is 0 Å². The molecule has 3 heteroatoms. The fourth-order valence-corrected chi connectivity index (χ4v) is 2.19. The molecule has 0 spiro atoms. The van der Waals surface area contributed by atoms with E-state index in [1.807, 2.05) is 13.1 Å². The van der Waals surface area contributed by atoms with Crippen LogP contribution in [-0.2, 0) is 0 Å². The third-order valence-corrected chi connectivity index (χ3v) is 3.12. The van der Waals surface area contributed by atoms with Crippen LogP contribution in [0.15, 0.2) is 12.7 Å². The average molecular weight is 203 g/mol. The topological polar surface area (TPSA) is 12.0 Å². The predicted octanol–water partition coefficient (Wildman–Crippen LogP) is 2.98. The molecule has 1 unspecified atom stereocenters. The van der Waals surface area contributed by atoms with Crippen LogP contribution in [-0.4, -0.2) is 19.0 Å². The molecule has 0 aromatic carbocycles. The van der Waals surface area contributed by atoms with Gasteiger partial charge in [0, 0.05) is 18.9 Å². The zero-order chi connectivity index (χ0) is 10.6. The van der Waals surface area contributed by atoms with E-state index in [2.05, 4.69) is 11.9 Å². The molecule has 1 rings (SSSR count). The van der Waals surface area contributed by atoms with Gasteiger partial charge in [0.05, 0.1) is 0 Å². The van der Waals surface area contributed by atoms with Crippen LogP contribution in [0.4, 0.5) is 8.78 Å². The monoisotopic (exact) mass is 203 g/mol. The second kappa shape index (κ2) is 4.87. The summed E-state index contributed by atoms with van der Waals surface area (Å²) in [6.45, 7) is 3.68. The Morgan fingerprint density at radius 2 is 2.07 bits per heavy atom. The van der Waals surface area contributed by atoms with E-state index in [1.165, 1.54) is 0 Å². The summed E-state index contributed by atoms with van der Waals surface area (Å²) >= 11 is 0. The van der Waals surface area contributed by atoms with Crippen molar-refractivity contribution < 1.29 is 8.78 Å². The highest BCUT2D eigenvalue weighted by Gasteiger charge is 2.36. The molecular formula is C11H19F2N. The van der Waals surface area contributed by atoms with Crippen LogP contribution in [0.3, 0.4) is 0 Å². The number of hydrogen-bond donors (Lipinski definition) is 1. The lowest BCUT2D eigenvalue weighted by Crippen LogP contribution is -2.37. The van der Waals surface area contributed by atoms with Crippen LogP contribution in [0.1, 0.15) is 32.1 Å². The maximum absolute atomic E-state index is 12.9. The van der Waals surface area contributed by atoms with Crippen LogP contribution >= 0.6 is 0 Å². The molecule has 14 heavy (non-hydrogen) atoms. The molecule has 0 radical (unpaired) electrons. The SMILES string of the molecule is C=CCC(NC)C1CCC(F)(F)CC1. The van der Waals surface area contributed by atoms with Gasteiger partial charge in [-0.2, -0.15) is 0 Å². The summed E-state index contributed by atoms with van der Waals surface area (Å²) in [6, 6.07) is 0.323. The summed E-state index contributed by atoms with van der Waals surface area (Å²) in [4.78, 5) is 0. The summed E-state index contributed by atoms with van der Waals surface area (Å²) in [5.41, 5.74) is 0. The Labute approximate surface area is 84.6 Å². The lowest BCUT2D eigenvalue weighted by Gasteiger charge is -2.33. The number of rotatable bonds is 4. The van der Waals surface area contributed by atoms with Crippen molar-refractivity contribution in [1.29, 1.82) is 0 Å². The van der Waals surface area contributed by atoms with E-state index >= 15 is 0 Å². The Bertz CT molecular complexity index is 182. The van der Waals surface area contributed by atoms with E-state index in [9.17, 15) is 8.78 Å². The van der Waals surface area contributed by atoms with Crippen molar-refractivity contribution in [2.24, 2.45) is 5.92 Å². The highest BCUT2D eigenvalue weighted by Crippen LogP contribution is 2.37. The van der Waals surface area contributed by atoms with Gasteiger partial charge in [-0.1, -0.05) is 6.08 Å². The molecule has 0 saturated heterocycles. The van der Waals surface area contributed by atoms with E-state index in [1.54, 1.807) is 0 Å². The van der Waals surface area contributed by atoms with Crippen LogP contribution in [0, 0.1) is 5.92 Å². The minimum atomic E-state index is -2.41. The summed E-state index contributed by atoms with van der Waals surface area (Å²) in [5.74, 6) is -2.03. The molecule has 0 aromatic heterocycles. The fourth-order valence-electron chi connectivity index (χ4n) is 2.19. The molecule has 1 fully saturated rings. The number of nitrogens with one attached hydrogen (secondary N) is 1. The van der Waals surface area contributed by atoms with Gasteiger partial charge in [0.15, 0.2) is 0 Å². The van der Waals surface area contributed by atoms with Crippen molar-refractivity contribution in [3.8, 4) is 0 Å². The van der Waals surface area contributed by atoms with Crippen molar-refractivity contribution in [3.63, 3.8) is 0 Å². The zero-order valence-corrected chi connectivity index (χ0v) is 8.73. The van der Waals surface area contributed by atoms with E-state index < -0.39 is 5.92 Å². The predicted molar refractivity (Wildman–Crippen MR) is 54.6 cm³/mol. The smallest absolute Gasteiger partial charge is 0.248 e. The summed E-state index contributed by atoms with van der Waals surface area (Å²) < 4.78 is 25.8. The first-order valence-electron chi connectivity index (χ1n) is 5.25. The quantitative estimate of drug-likeness (QED) is 0.693. The van der Waals surface area contributed by atoms with Gasteiger partial charge < -0.3 is 5.32 Å². The van der Waals surface area contributed by atoms with Crippen LogP contribution in [0.25, 0.3) is 0 Å². The molecule has 0 aromatic rings. The summed E-state index contributed by atoms with van der Waals surface area (Å²) in [7, 11) is 1.89. The van der Waals surface area contributed by atoms with Crippen LogP contribution < -0.4 is 5.32 Å². The zero-order valence-electron chi connectivity index (χ0n) is 8.73. The van der Waals surface area contributed by atoms with Gasteiger partial charge in [-0.15, -0.1) is 6.58 Å². The molecule has 82 valence electrons. The number of alkyl halides is 2. The Hall–Kier alpha value is -0.440. The molecule has 0 amide bonds. The fraction of sp³-hybridized carbons (Fsp3) is 0.818. The molecule has 1 aliphatic carbocycles. The third kappa shape index (κ3) is 3.05. The van der Waals surface area contributed by atoms with Crippen LogP contribution in [0.2, 0.25) is 0 Å². The number of hydrogen-bond acceptors (Lipinski definition) is 1. The van der Waals surface area contributed by atoms with Gasteiger partial charge in [-0.3, -0.25) is 0 Å². The normalized spacial score (nSPS) is 24.5. The van der Waals surface area contributed by atoms with Crippen molar-refractivity contribution in [2.75, 3.05) is 7.05 Å². The second-order valence-corrected chi connectivity index (χ2v) is 4.11. The van der Waals surface area contributed by atoms with Gasteiger partial charge >= 0.3 is 0 Å². The molecule has 1 saturated carbocycles. The van der Waals surface area contributed by atoms with Gasteiger partial charge in [0.25, 0.3) is 0 Å². The molecule has 1 aliphatic rings. The lowest BCUT2D eigenvalue weighted by molar-refractivity contribution is -0.0491. The summed E-state index contributed by atoms with van der Waals surface area (Å²) in [6.07, 6.45) is 4.08. The maximum atomic E-state index is 12.9. The number of halogens is 2. The van der Waals surface area contributed by atoms with Gasteiger partial charge in [-0.25, -0.2) is 8.78 Å². The largest absolute Gasteiger partial charge is 0.316 e. The van der Waals surface area contributed by atoms with Crippen molar-refractivity contribution in [3.05, 3.63) is 12.7 Å². The lowest BCUT2D eigenvalue weighted by atomic mass is 9.81. The Kier molecular flexibility index (Phi) is 4.05. The highest BCUT2D eigenvalue weighted by molar-refractivity contribution is 4.87. The first-order valence-corrected chi connectivity index (χ1v) is 5.25. The third-order valence-electron chi connectivity index (χ3n) is 3.12. The minimum absolute atomic E-state index is 0.0486. The highest BCUT2D eigenvalue weighted by atomic mass is 19.3. The standard InChI is InChI=1S/C11H19F2N/c1-3-4-10(14-2)9-5-7-11(12,13)8-6-9/h3,9-10,14H,1,4-8H2,2H3. The molecule has 0 aliphatic heterocycles. The minimum Gasteiger partial charge on any atom is -0.316 e. The Balaban J connectivity index is 2.42. The van der Waals surface area contributed by atoms with Gasteiger partial charge in [0.2, 0.25) is 5.92 Å². The maximum Gasteiger partial charge on any atom is 0.248 e. The molecule has 1 atom stereocenters. The molecule has 1 nitrogen and oxygen atoms in total. The summed E-state index contributed by atoms with van der Waals surface area (Å²) in [5, 5.41) is 3.18. The van der Waals surface area contributed by atoms with Crippen molar-refractivity contribution in [2.45, 2.75) is 44.1 Å². The van der Waals surface area contributed by atoms with Crippen molar-refractivity contribution in [1.82, 2.24) is 5.32 Å². The molecule has 0 bridgehead atoms.